The van der Waals surface area contributed by atoms with Gasteiger partial charge in [0.25, 0.3) is 0 Å². The number of halogens is 1. The first kappa shape index (κ1) is 17.8. The molecule has 0 saturated carbocycles. The summed E-state index contributed by atoms with van der Waals surface area (Å²) in [5.41, 5.74) is 0.825. The van der Waals surface area contributed by atoms with Gasteiger partial charge in [0, 0.05) is 0 Å². The predicted octanol–water partition coefficient (Wildman–Crippen LogP) is -2.53. The molecule has 1 aromatic rings. The van der Waals surface area contributed by atoms with E-state index in [1.807, 2.05) is 6.92 Å². The van der Waals surface area contributed by atoms with E-state index in [9.17, 15) is 19.5 Å². The van der Waals surface area contributed by atoms with Gasteiger partial charge in [-0.25, -0.2) is 0 Å². The van der Waals surface area contributed by atoms with Crippen LogP contribution in [0.15, 0.2) is 12.1 Å². The number of rotatable bonds is 2. The summed E-state index contributed by atoms with van der Waals surface area (Å²) >= 11 is 0.193. The molecule has 3 aliphatic heterocycles. The summed E-state index contributed by atoms with van der Waals surface area (Å²) in [4.78, 5) is 42.7. The Morgan fingerprint density at radius 3 is 2.69 bits per heavy atom. The van der Waals surface area contributed by atoms with Crippen LogP contribution in [0.3, 0.4) is 0 Å². The number of fused-ring (bicyclic) bond motifs is 1. The maximum absolute atomic E-state index is 12.9. The number of alkyl halides is 2. The van der Waals surface area contributed by atoms with Crippen LogP contribution in [0.5, 0.6) is 0 Å². The zero-order valence-electron chi connectivity index (χ0n) is 14.5. The summed E-state index contributed by atoms with van der Waals surface area (Å²) in [6, 6.07) is 2.46. The number of pyridine rings is 1. The Balaban J connectivity index is 1.65. The second kappa shape index (κ2) is 6.56. The van der Waals surface area contributed by atoms with Crippen molar-refractivity contribution in [1.82, 2.24) is 15.2 Å². The molecule has 4 heterocycles. The number of piperidine rings is 1. The van der Waals surface area contributed by atoms with Crippen LogP contribution in [0.4, 0.5) is 0 Å². The van der Waals surface area contributed by atoms with E-state index in [1.54, 1.807) is 12.1 Å². The molecular formula is C18H21IN3O4-. The number of hydrogen-bond acceptors (Lipinski definition) is 5. The van der Waals surface area contributed by atoms with E-state index in [0.717, 1.165) is 21.7 Å². The van der Waals surface area contributed by atoms with Crippen LogP contribution in [0.25, 0.3) is 0 Å². The standard InChI is InChI=1S/C18H21IN3O4/c1-10-15-11(2-4-13(20-15)18(26)6-8-19-9-7-18)17(25)22(10)12-3-5-14(23)21-16(12)24/h2,4,10,12,26H,3,5-9H2,1H3,(H,21,23,24)/q-1/t10-,12-/m0/s1. The molecule has 8 heteroatoms. The number of amides is 3. The Kier molecular flexibility index (Phi) is 4.50. The third-order valence-corrected chi connectivity index (χ3v) is 8.11. The van der Waals surface area contributed by atoms with Gasteiger partial charge in [0.1, 0.15) is 0 Å². The molecule has 3 amide bonds. The number of hydrogen-bond donors (Lipinski definition) is 2. The molecule has 0 unspecified atom stereocenters. The van der Waals surface area contributed by atoms with Crippen LogP contribution in [0, 0.1) is 0 Å². The topological polar surface area (TPSA) is 99.6 Å². The van der Waals surface area contributed by atoms with Crippen molar-refractivity contribution in [2.75, 3.05) is 8.86 Å². The van der Waals surface area contributed by atoms with Crippen molar-refractivity contribution in [1.29, 1.82) is 0 Å². The summed E-state index contributed by atoms with van der Waals surface area (Å²) in [6.45, 7) is 1.85. The molecule has 2 N–H and O–H groups in total. The summed E-state index contributed by atoms with van der Waals surface area (Å²) < 4.78 is 2.15. The van der Waals surface area contributed by atoms with E-state index < -0.39 is 17.6 Å². The quantitative estimate of drug-likeness (QED) is 0.283. The first-order chi connectivity index (χ1) is 12.4. The molecule has 2 atom stereocenters. The van der Waals surface area contributed by atoms with Gasteiger partial charge in [0.2, 0.25) is 0 Å². The van der Waals surface area contributed by atoms with Crippen molar-refractivity contribution < 1.29 is 40.7 Å². The zero-order valence-corrected chi connectivity index (χ0v) is 16.7. The normalized spacial score (nSPS) is 28.4. The number of nitrogens with zero attached hydrogens (tertiary/aromatic N) is 2. The second-order valence-corrected chi connectivity index (χ2v) is 10.3. The van der Waals surface area contributed by atoms with E-state index in [1.165, 1.54) is 4.90 Å². The summed E-state index contributed by atoms with van der Waals surface area (Å²) in [5.74, 6) is -0.960. The van der Waals surface area contributed by atoms with Crippen LogP contribution >= 0.6 is 0 Å². The van der Waals surface area contributed by atoms with Crippen molar-refractivity contribution >= 4 is 17.7 Å². The number of carbonyl (C=O) groups is 3. The number of carbonyl (C=O) groups excluding carboxylic acids is 3. The van der Waals surface area contributed by atoms with Gasteiger partial charge in [-0.15, -0.1) is 0 Å². The average molecular weight is 470 g/mol. The second-order valence-electron chi connectivity index (χ2n) is 7.08. The van der Waals surface area contributed by atoms with Crippen LogP contribution in [-0.2, 0) is 15.2 Å². The molecule has 140 valence electrons. The van der Waals surface area contributed by atoms with E-state index in [-0.39, 0.29) is 45.5 Å². The molecule has 1 aromatic heterocycles. The van der Waals surface area contributed by atoms with E-state index in [2.05, 4.69) is 10.3 Å². The fourth-order valence-electron chi connectivity index (χ4n) is 3.96. The van der Waals surface area contributed by atoms with Crippen molar-refractivity contribution in [2.45, 2.75) is 50.3 Å². The Bertz CT molecular complexity index is 791. The van der Waals surface area contributed by atoms with Gasteiger partial charge < -0.3 is 0 Å². The fourth-order valence-corrected chi connectivity index (χ4v) is 7.05. The minimum atomic E-state index is -0.905. The van der Waals surface area contributed by atoms with Crippen molar-refractivity contribution in [3.63, 3.8) is 0 Å². The molecule has 0 aliphatic carbocycles. The van der Waals surface area contributed by atoms with Crippen LogP contribution in [0.1, 0.15) is 60.4 Å². The molecule has 2 fully saturated rings. The Morgan fingerprint density at radius 2 is 2.00 bits per heavy atom. The van der Waals surface area contributed by atoms with Gasteiger partial charge >= 0.3 is 157 Å². The van der Waals surface area contributed by atoms with E-state index in [4.69, 9.17) is 0 Å². The number of aromatic nitrogens is 1. The Hall–Kier alpha value is -1.55. The van der Waals surface area contributed by atoms with Crippen molar-refractivity contribution in [2.24, 2.45) is 0 Å². The van der Waals surface area contributed by atoms with Crippen molar-refractivity contribution in [3.8, 4) is 0 Å². The fraction of sp³-hybridized carbons (Fsp3) is 0.556. The van der Waals surface area contributed by atoms with E-state index in [0.29, 0.717) is 23.4 Å². The molecule has 0 spiro atoms. The maximum atomic E-state index is 12.9. The van der Waals surface area contributed by atoms with Gasteiger partial charge in [0.05, 0.1) is 0 Å². The average Bonchev–Trinajstić information content (AvgIpc) is 2.87. The summed E-state index contributed by atoms with van der Waals surface area (Å²) in [6.07, 6.45) is 2.01. The van der Waals surface area contributed by atoms with Crippen LogP contribution in [0.2, 0.25) is 0 Å². The number of imide groups is 1. The van der Waals surface area contributed by atoms with Crippen LogP contribution in [-0.4, -0.2) is 47.6 Å². The van der Waals surface area contributed by atoms with Gasteiger partial charge in [0.15, 0.2) is 0 Å². The molecular weight excluding hydrogens is 449 g/mol. The zero-order chi connectivity index (χ0) is 18.5. The first-order valence-electron chi connectivity index (χ1n) is 8.84. The number of nitrogens with one attached hydrogen (secondary N) is 1. The van der Waals surface area contributed by atoms with Gasteiger partial charge in [-0.1, -0.05) is 0 Å². The third-order valence-electron chi connectivity index (χ3n) is 5.51. The number of aliphatic hydroxyl groups is 1. The molecule has 0 aromatic carbocycles. The summed E-state index contributed by atoms with van der Waals surface area (Å²) in [5, 5.41) is 13.3. The van der Waals surface area contributed by atoms with Gasteiger partial charge in [-0.05, 0) is 0 Å². The van der Waals surface area contributed by atoms with Crippen LogP contribution < -0.4 is 26.5 Å². The van der Waals surface area contributed by atoms with Gasteiger partial charge in [-0.2, -0.15) is 0 Å². The Labute approximate surface area is 161 Å². The summed E-state index contributed by atoms with van der Waals surface area (Å²) in [7, 11) is 0. The monoisotopic (exact) mass is 470 g/mol. The Morgan fingerprint density at radius 1 is 1.27 bits per heavy atom. The molecule has 4 rings (SSSR count). The van der Waals surface area contributed by atoms with Gasteiger partial charge in [-0.3, -0.25) is 4.79 Å². The van der Waals surface area contributed by atoms with Crippen molar-refractivity contribution in [3.05, 3.63) is 29.1 Å². The molecule has 0 bridgehead atoms. The molecule has 26 heavy (non-hydrogen) atoms. The molecule has 0 radical (unpaired) electrons. The SMILES string of the molecule is C[C@H]1c2nc(C3(O)CC[I-]CC3)ccc2C(=O)N1[C@H]1CCC(=O)NC1=O. The van der Waals surface area contributed by atoms with E-state index >= 15 is 0 Å². The third kappa shape index (κ3) is 2.83. The molecule has 3 aliphatic rings. The molecule has 7 nitrogen and oxygen atoms in total. The molecule has 2 saturated heterocycles. The first-order valence-corrected chi connectivity index (χ1v) is 11.9. The minimum absolute atomic E-state index is 0.193. The predicted molar refractivity (Wildman–Crippen MR) is 87.9 cm³/mol.